The molecule has 152 valence electrons. The molecule has 0 aliphatic carbocycles. The Morgan fingerprint density at radius 1 is 1.14 bits per heavy atom. The van der Waals surface area contributed by atoms with Crippen LogP contribution in [-0.2, 0) is 5.54 Å². The minimum atomic E-state index is -0.271. The van der Waals surface area contributed by atoms with Crippen LogP contribution in [0.2, 0.25) is 0 Å². The van der Waals surface area contributed by atoms with Crippen molar-refractivity contribution in [3.63, 3.8) is 0 Å². The van der Waals surface area contributed by atoms with Crippen LogP contribution in [0.25, 0.3) is 11.0 Å². The standard InChI is InChI=1S/C22H27N5O2/c1-14-5-7-15(8-6-14)18(28)16-9-11-26(12-10-16)21-24-19-17(20(29)25-21)13-23-27(19)22(2,3)4/h5-8,13,16H,9-12H2,1-4H3,(H,24,25,29). The molecule has 0 unspecified atom stereocenters. The summed E-state index contributed by atoms with van der Waals surface area (Å²) in [6.07, 6.45) is 3.06. The molecule has 2 aromatic heterocycles. The highest BCUT2D eigenvalue weighted by molar-refractivity contribution is 5.98. The molecule has 29 heavy (non-hydrogen) atoms. The third-order valence-corrected chi connectivity index (χ3v) is 5.56. The summed E-state index contributed by atoms with van der Waals surface area (Å²) in [4.78, 5) is 35.0. The molecule has 0 spiro atoms. The quantitative estimate of drug-likeness (QED) is 0.691. The normalized spacial score (nSPS) is 15.8. The number of H-pyrrole nitrogens is 1. The summed E-state index contributed by atoms with van der Waals surface area (Å²) < 4.78 is 1.79. The zero-order valence-electron chi connectivity index (χ0n) is 17.4. The number of hydrogen-bond acceptors (Lipinski definition) is 5. The first-order valence-electron chi connectivity index (χ1n) is 10.1. The van der Waals surface area contributed by atoms with Gasteiger partial charge in [-0.3, -0.25) is 14.6 Å². The molecule has 0 amide bonds. The number of carbonyl (C=O) groups is 1. The molecule has 3 aromatic rings. The van der Waals surface area contributed by atoms with E-state index in [1.807, 2.05) is 52.0 Å². The highest BCUT2D eigenvalue weighted by Crippen LogP contribution is 2.25. The van der Waals surface area contributed by atoms with Gasteiger partial charge in [0.05, 0.1) is 11.7 Å². The van der Waals surface area contributed by atoms with Crippen LogP contribution < -0.4 is 10.5 Å². The fourth-order valence-corrected chi connectivity index (χ4v) is 3.85. The lowest BCUT2D eigenvalue weighted by Gasteiger charge is -2.31. The predicted molar refractivity (Wildman–Crippen MR) is 114 cm³/mol. The van der Waals surface area contributed by atoms with E-state index in [0.717, 1.165) is 24.0 Å². The van der Waals surface area contributed by atoms with Crippen LogP contribution in [0.15, 0.2) is 35.3 Å². The second kappa shape index (κ2) is 7.13. The van der Waals surface area contributed by atoms with Crippen molar-refractivity contribution in [2.45, 2.75) is 46.1 Å². The van der Waals surface area contributed by atoms with Gasteiger partial charge >= 0.3 is 0 Å². The Morgan fingerprint density at radius 3 is 2.41 bits per heavy atom. The van der Waals surface area contributed by atoms with Crippen molar-refractivity contribution in [2.75, 3.05) is 18.0 Å². The highest BCUT2D eigenvalue weighted by Gasteiger charge is 2.28. The van der Waals surface area contributed by atoms with Crippen LogP contribution in [0.4, 0.5) is 5.95 Å². The number of carbonyl (C=O) groups excluding carboxylic acids is 1. The monoisotopic (exact) mass is 393 g/mol. The van der Waals surface area contributed by atoms with Crippen LogP contribution in [0.1, 0.15) is 49.5 Å². The zero-order chi connectivity index (χ0) is 20.8. The summed E-state index contributed by atoms with van der Waals surface area (Å²) >= 11 is 0. The van der Waals surface area contributed by atoms with E-state index in [4.69, 9.17) is 4.98 Å². The van der Waals surface area contributed by atoms with E-state index in [0.29, 0.717) is 30.1 Å². The maximum absolute atomic E-state index is 12.8. The molecular weight excluding hydrogens is 366 g/mol. The molecule has 0 saturated carbocycles. The Kier molecular flexibility index (Phi) is 4.76. The fourth-order valence-electron chi connectivity index (χ4n) is 3.85. The Balaban J connectivity index is 1.54. The van der Waals surface area contributed by atoms with Crippen molar-refractivity contribution in [3.8, 4) is 0 Å². The first kappa shape index (κ1) is 19.4. The molecule has 4 rings (SSSR count). The van der Waals surface area contributed by atoms with Crippen molar-refractivity contribution < 1.29 is 4.79 Å². The average molecular weight is 393 g/mol. The molecule has 0 bridgehead atoms. The van der Waals surface area contributed by atoms with E-state index in [1.54, 1.807) is 10.9 Å². The number of nitrogens with zero attached hydrogens (tertiary/aromatic N) is 4. The van der Waals surface area contributed by atoms with Crippen molar-refractivity contribution in [1.82, 2.24) is 19.7 Å². The Morgan fingerprint density at radius 2 is 1.79 bits per heavy atom. The molecule has 1 aliphatic rings. The summed E-state index contributed by atoms with van der Waals surface area (Å²) in [5, 5.41) is 4.85. The summed E-state index contributed by atoms with van der Waals surface area (Å²) in [7, 11) is 0. The number of aryl methyl sites for hydroxylation is 1. The molecule has 7 nitrogen and oxygen atoms in total. The third-order valence-electron chi connectivity index (χ3n) is 5.56. The van der Waals surface area contributed by atoms with Crippen molar-refractivity contribution in [1.29, 1.82) is 0 Å². The second-order valence-corrected chi connectivity index (χ2v) is 8.85. The molecule has 1 saturated heterocycles. The van der Waals surface area contributed by atoms with Crippen LogP contribution in [0, 0.1) is 12.8 Å². The van der Waals surface area contributed by atoms with Gasteiger partial charge in [-0.2, -0.15) is 10.1 Å². The molecule has 1 aliphatic heterocycles. The van der Waals surface area contributed by atoms with Gasteiger partial charge in [-0.1, -0.05) is 29.8 Å². The number of fused-ring (bicyclic) bond motifs is 1. The SMILES string of the molecule is Cc1ccc(C(=O)C2CCN(c3nc4c(cnn4C(C)(C)C)c(=O)[nH]3)CC2)cc1. The first-order valence-corrected chi connectivity index (χ1v) is 10.1. The lowest BCUT2D eigenvalue weighted by molar-refractivity contribution is 0.0900. The summed E-state index contributed by atoms with van der Waals surface area (Å²) in [5.74, 6) is 0.756. The van der Waals surface area contributed by atoms with Crippen LogP contribution in [0.3, 0.4) is 0 Å². The minimum absolute atomic E-state index is 0.00418. The highest BCUT2D eigenvalue weighted by atomic mass is 16.1. The van der Waals surface area contributed by atoms with E-state index in [-0.39, 0.29) is 22.8 Å². The molecule has 3 heterocycles. The van der Waals surface area contributed by atoms with Crippen molar-refractivity contribution in [3.05, 3.63) is 51.9 Å². The number of piperidine rings is 1. The number of ketones is 1. The lowest BCUT2D eigenvalue weighted by Crippen LogP contribution is -2.38. The van der Waals surface area contributed by atoms with E-state index in [2.05, 4.69) is 15.0 Å². The summed E-state index contributed by atoms with van der Waals surface area (Å²) in [5.41, 5.74) is 2.06. The van der Waals surface area contributed by atoms with Crippen molar-refractivity contribution in [2.24, 2.45) is 5.92 Å². The topological polar surface area (TPSA) is 83.9 Å². The number of aromatic amines is 1. The maximum Gasteiger partial charge on any atom is 0.263 e. The summed E-state index contributed by atoms with van der Waals surface area (Å²) in [6.45, 7) is 9.47. The minimum Gasteiger partial charge on any atom is -0.342 e. The molecule has 1 aromatic carbocycles. The van der Waals surface area contributed by atoms with Gasteiger partial charge in [0.25, 0.3) is 5.56 Å². The zero-order valence-corrected chi connectivity index (χ0v) is 17.4. The van der Waals surface area contributed by atoms with Gasteiger partial charge in [-0.25, -0.2) is 4.68 Å². The Hall–Kier alpha value is -2.96. The van der Waals surface area contributed by atoms with E-state index in [9.17, 15) is 9.59 Å². The number of nitrogens with one attached hydrogen (secondary N) is 1. The molecule has 1 fully saturated rings. The van der Waals surface area contributed by atoms with Gasteiger partial charge in [0.2, 0.25) is 5.95 Å². The van der Waals surface area contributed by atoms with E-state index < -0.39 is 0 Å². The van der Waals surface area contributed by atoms with Crippen LogP contribution in [0.5, 0.6) is 0 Å². The number of aromatic nitrogens is 4. The number of benzene rings is 1. The van der Waals surface area contributed by atoms with Gasteiger partial charge in [-0.15, -0.1) is 0 Å². The number of hydrogen-bond donors (Lipinski definition) is 1. The summed E-state index contributed by atoms with van der Waals surface area (Å²) in [6, 6.07) is 7.77. The largest absolute Gasteiger partial charge is 0.342 e. The smallest absolute Gasteiger partial charge is 0.263 e. The van der Waals surface area contributed by atoms with Crippen molar-refractivity contribution >= 4 is 22.8 Å². The molecular formula is C22H27N5O2. The lowest BCUT2D eigenvalue weighted by atomic mass is 9.89. The van der Waals surface area contributed by atoms with Gasteiger partial charge in [0.15, 0.2) is 11.4 Å². The Labute approximate surface area is 169 Å². The maximum atomic E-state index is 12.8. The number of rotatable bonds is 3. The van der Waals surface area contributed by atoms with E-state index in [1.165, 1.54) is 0 Å². The van der Waals surface area contributed by atoms with Gasteiger partial charge < -0.3 is 4.90 Å². The first-order chi connectivity index (χ1) is 13.7. The molecule has 0 atom stereocenters. The van der Waals surface area contributed by atoms with E-state index >= 15 is 0 Å². The molecule has 1 N–H and O–H groups in total. The number of Topliss-reactive ketones (excluding diaryl/α,β-unsaturated/α-hetero) is 1. The van der Waals surface area contributed by atoms with Crippen LogP contribution in [-0.4, -0.2) is 38.6 Å². The second-order valence-electron chi connectivity index (χ2n) is 8.85. The van der Waals surface area contributed by atoms with Crippen LogP contribution >= 0.6 is 0 Å². The average Bonchev–Trinajstić information content (AvgIpc) is 3.13. The molecule has 0 radical (unpaired) electrons. The fraction of sp³-hybridized carbons (Fsp3) is 0.455. The molecule has 7 heteroatoms. The van der Waals surface area contributed by atoms with Gasteiger partial charge in [0, 0.05) is 24.6 Å². The Bertz CT molecular complexity index is 1100. The van der Waals surface area contributed by atoms with Gasteiger partial charge in [0.1, 0.15) is 5.39 Å². The van der Waals surface area contributed by atoms with Gasteiger partial charge in [-0.05, 0) is 40.5 Å². The number of anilines is 1. The third kappa shape index (κ3) is 3.69. The predicted octanol–water partition coefficient (Wildman–Crippen LogP) is 3.28.